The van der Waals surface area contributed by atoms with Gasteiger partial charge in [-0.25, -0.2) is 0 Å². The first-order chi connectivity index (χ1) is 10.2. The predicted molar refractivity (Wildman–Crippen MR) is 102 cm³/mol. The van der Waals surface area contributed by atoms with Crippen LogP contribution in [0.5, 0.6) is 0 Å². The fourth-order valence-corrected chi connectivity index (χ4v) is 18.7. The minimum absolute atomic E-state index is 0.475. The first-order valence-electron chi connectivity index (χ1n) is 7.76. The molecule has 0 heterocycles. The van der Waals surface area contributed by atoms with Crippen LogP contribution >= 0.6 is 0 Å². The van der Waals surface area contributed by atoms with E-state index in [1.807, 2.05) is 52.4 Å². The maximum atomic E-state index is 6.32. The van der Waals surface area contributed by atoms with Crippen LogP contribution in [0.3, 0.4) is 0 Å². The average Bonchev–Trinajstić information content (AvgIpc) is 2.30. The van der Waals surface area contributed by atoms with Gasteiger partial charge in [-0.3, -0.25) is 0 Å². The fourth-order valence-electron chi connectivity index (χ4n) is 2.31. The monoisotopic (exact) mass is 398 g/mol. The van der Waals surface area contributed by atoms with E-state index < -0.39 is 34.2 Å². The molecule has 138 valence electrons. The van der Waals surface area contributed by atoms with Crippen LogP contribution in [0, 0.1) is 0 Å². The molecule has 0 aromatic rings. The van der Waals surface area contributed by atoms with Crippen LogP contribution in [0.25, 0.3) is 0 Å². The van der Waals surface area contributed by atoms with E-state index in [-0.39, 0.29) is 0 Å². The molecule has 0 bridgehead atoms. The summed E-state index contributed by atoms with van der Waals surface area (Å²) < 4.78 is 35.2. The van der Waals surface area contributed by atoms with Crippen molar-refractivity contribution in [3.8, 4) is 0 Å². The second-order valence-electron chi connectivity index (χ2n) is 7.00. The van der Waals surface area contributed by atoms with Crippen molar-refractivity contribution in [2.45, 2.75) is 52.4 Å². The number of rotatable bonds is 12. The molecular weight excluding hydrogens is 364 g/mol. The van der Waals surface area contributed by atoms with Gasteiger partial charge in [0, 0.05) is 7.11 Å². The van der Waals surface area contributed by atoms with Crippen molar-refractivity contribution in [3.05, 3.63) is 12.8 Å². The molecule has 0 radical (unpaired) electrons. The van der Waals surface area contributed by atoms with Crippen molar-refractivity contribution in [1.82, 2.24) is 0 Å². The molecule has 0 aliphatic heterocycles. The van der Waals surface area contributed by atoms with Crippen molar-refractivity contribution < 1.29 is 25.9 Å². The smallest absolute Gasteiger partial charge is 0.323 e. The summed E-state index contributed by atoms with van der Waals surface area (Å²) in [4.78, 5) is 0. The fraction of sp³-hybridized carbons (Fsp3) is 0.846. The molecule has 0 amide bonds. The number of hydrogen-bond acceptors (Lipinski definition) is 6. The highest BCUT2D eigenvalue weighted by atomic mass is 28.5. The zero-order chi connectivity index (χ0) is 18.4. The Bertz CT molecular complexity index is 373. The van der Waals surface area contributed by atoms with Gasteiger partial charge in [-0.05, 0) is 52.4 Å². The Balaban J connectivity index is 4.63. The Morgan fingerprint density at radius 1 is 0.696 bits per heavy atom. The molecule has 0 fully saturated rings. The Morgan fingerprint density at radius 2 is 1.13 bits per heavy atom. The zero-order valence-corrected chi connectivity index (χ0v) is 20.1. The Kier molecular flexibility index (Phi) is 9.14. The molecule has 0 aromatic heterocycles. The first-order valence-corrected chi connectivity index (χ1v) is 19.0. The van der Waals surface area contributed by atoms with Gasteiger partial charge >= 0.3 is 34.2 Å². The van der Waals surface area contributed by atoms with Gasteiger partial charge in [0.1, 0.15) is 6.61 Å². The van der Waals surface area contributed by atoms with Crippen molar-refractivity contribution in [2.24, 2.45) is 0 Å². The lowest BCUT2D eigenvalue weighted by Gasteiger charge is -2.39. The normalized spacial score (nSPS) is 14.0. The third-order valence-electron chi connectivity index (χ3n) is 2.74. The maximum absolute atomic E-state index is 6.32. The molecule has 0 aliphatic carbocycles. The summed E-state index contributed by atoms with van der Waals surface area (Å²) in [5.41, 5.74) is 0. The van der Waals surface area contributed by atoms with Gasteiger partial charge in [-0.2, -0.15) is 0 Å². The molecule has 0 spiro atoms. The molecule has 0 atom stereocenters. The number of ether oxygens (including phenoxy) is 1. The summed E-state index contributed by atoms with van der Waals surface area (Å²) in [7, 11) is -7.46. The van der Waals surface area contributed by atoms with Crippen LogP contribution in [0.15, 0.2) is 12.8 Å². The summed E-state index contributed by atoms with van der Waals surface area (Å²) in [6, 6.07) is 0. The molecule has 0 unspecified atom stereocenters. The van der Waals surface area contributed by atoms with Gasteiger partial charge < -0.3 is 25.9 Å². The summed E-state index contributed by atoms with van der Waals surface area (Å²) in [6.45, 7) is 20.7. The molecule has 0 aromatic carbocycles. The second kappa shape index (κ2) is 9.06. The van der Waals surface area contributed by atoms with E-state index in [2.05, 4.69) is 6.58 Å². The predicted octanol–water partition coefficient (Wildman–Crippen LogP) is 3.67. The minimum Gasteiger partial charge on any atom is -0.499 e. The Morgan fingerprint density at radius 3 is 1.57 bits per heavy atom. The van der Waals surface area contributed by atoms with Crippen LogP contribution in [0.2, 0.25) is 52.4 Å². The van der Waals surface area contributed by atoms with E-state index in [0.717, 1.165) is 0 Å². The molecule has 0 rings (SSSR count). The van der Waals surface area contributed by atoms with Gasteiger partial charge in [0.15, 0.2) is 0 Å². The topological polar surface area (TPSA) is 55.4 Å². The quantitative estimate of drug-likeness (QED) is 0.284. The Hall–Kier alpha value is 0.208. The molecule has 0 aliphatic rings. The van der Waals surface area contributed by atoms with Crippen molar-refractivity contribution >= 4 is 34.2 Å². The third kappa shape index (κ3) is 11.4. The molecule has 0 saturated carbocycles. The van der Waals surface area contributed by atoms with Crippen LogP contribution in [0.1, 0.15) is 0 Å². The highest BCUT2D eigenvalue weighted by molar-refractivity contribution is 6.87. The van der Waals surface area contributed by atoms with Crippen LogP contribution in [0.4, 0.5) is 0 Å². The summed E-state index contributed by atoms with van der Waals surface area (Å²) in [6.07, 6.45) is 1.41. The zero-order valence-electron chi connectivity index (χ0n) is 16.1. The standard InChI is InChI=1S/C13H34O6Si4/c1-11-15-12-13-16-21(5,6)18-23(9,10)19-22(7,8)17-20(3,4)14-2/h11H,1,12-13H2,2-10H3. The lowest BCUT2D eigenvalue weighted by Crippen LogP contribution is -2.57. The van der Waals surface area contributed by atoms with Gasteiger partial charge in [0.2, 0.25) is 0 Å². The second-order valence-corrected chi connectivity index (χ2v) is 21.3. The van der Waals surface area contributed by atoms with E-state index in [9.17, 15) is 0 Å². The van der Waals surface area contributed by atoms with Crippen molar-refractivity contribution in [1.29, 1.82) is 0 Å². The maximum Gasteiger partial charge on any atom is 0.323 e. The molecule has 0 N–H and O–H groups in total. The molecule has 6 nitrogen and oxygen atoms in total. The largest absolute Gasteiger partial charge is 0.499 e. The molecule has 0 saturated heterocycles. The van der Waals surface area contributed by atoms with E-state index >= 15 is 0 Å². The van der Waals surface area contributed by atoms with Gasteiger partial charge in [0.05, 0.1) is 12.9 Å². The summed E-state index contributed by atoms with van der Waals surface area (Å²) in [5, 5.41) is 0. The van der Waals surface area contributed by atoms with Crippen molar-refractivity contribution in [2.75, 3.05) is 20.3 Å². The first kappa shape index (κ1) is 23.2. The molecular formula is C13H34O6Si4. The van der Waals surface area contributed by atoms with E-state index in [1.165, 1.54) is 6.26 Å². The van der Waals surface area contributed by atoms with Crippen LogP contribution in [-0.4, -0.2) is 54.6 Å². The molecule has 23 heavy (non-hydrogen) atoms. The average molecular weight is 399 g/mol. The summed E-state index contributed by atoms with van der Waals surface area (Å²) in [5.74, 6) is 0. The Labute approximate surface area is 146 Å². The summed E-state index contributed by atoms with van der Waals surface area (Å²) >= 11 is 0. The number of hydrogen-bond donors (Lipinski definition) is 0. The van der Waals surface area contributed by atoms with Gasteiger partial charge in [-0.15, -0.1) is 0 Å². The van der Waals surface area contributed by atoms with Crippen molar-refractivity contribution in [3.63, 3.8) is 0 Å². The minimum atomic E-state index is -2.38. The van der Waals surface area contributed by atoms with Crippen LogP contribution < -0.4 is 0 Å². The highest BCUT2D eigenvalue weighted by Gasteiger charge is 2.44. The highest BCUT2D eigenvalue weighted by Crippen LogP contribution is 2.24. The van der Waals surface area contributed by atoms with Gasteiger partial charge in [0.25, 0.3) is 0 Å². The van der Waals surface area contributed by atoms with E-state index in [0.29, 0.717) is 13.2 Å². The SMILES string of the molecule is C=COCCO[Si](C)(C)O[Si](C)(C)O[Si](C)(C)O[Si](C)(C)OC. The van der Waals surface area contributed by atoms with Gasteiger partial charge in [-0.1, -0.05) is 6.58 Å². The lowest BCUT2D eigenvalue weighted by molar-refractivity contribution is 0.151. The third-order valence-corrected chi connectivity index (χ3v) is 16.4. The van der Waals surface area contributed by atoms with E-state index in [1.54, 1.807) is 7.11 Å². The molecule has 10 heteroatoms. The lowest BCUT2D eigenvalue weighted by atomic mass is 10.8. The van der Waals surface area contributed by atoms with Crippen LogP contribution in [-0.2, 0) is 25.9 Å². The van der Waals surface area contributed by atoms with E-state index in [4.69, 9.17) is 25.9 Å².